The maximum Gasteiger partial charge on any atom is 0.341 e. The number of carbonyl (C=O) groups is 1. The van der Waals surface area contributed by atoms with Crippen molar-refractivity contribution in [3.8, 4) is 21.9 Å². The number of methoxy groups -OCH3 is 1. The predicted molar refractivity (Wildman–Crippen MR) is 153 cm³/mol. The summed E-state index contributed by atoms with van der Waals surface area (Å²) in [5.41, 5.74) is 3.76. The summed E-state index contributed by atoms with van der Waals surface area (Å²) in [6.07, 6.45) is 5.81. The minimum absolute atomic E-state index is 0.253. The summed E-state index contributed by atoms with van der Waals surface area (Å²) in [6, 6.07) is 21.8. The van der Waals surface area contributed by atoms with Crippen LogP contribution >= 0.6 is 11.3 Å². The minimum atomic E-state index is -0.500. The van der Waals surface area contributed by atoms with Crippen molar-refractivity contribution in [2.24, 2.45) is 0 Å². The zero-order valence-electron chi connectivity index (χ0n) is 21.8. The molecule has 0 atom stereocenters. The number of esters is 1. The Kier molecular flexibility index (Phi) is 7.29. The smallest absolute Gasteiger partial charge is 0.341 e. The van der Waals surface area contributed by atoms with Crippen LogP contribution in [0.3, 0.4) is 0 Å². The third-order valence-corrected chi connectivity index (χ3v) is 7.76. The van der Waals surface area contributed by atoms with E-state index in [1.807, 2.05) is 52.5 Å². The lowest BCUT2D eigenvalue weighted by atomic mass is 9.96. The predicted octanol–water partition coefficient (Wildman–Crippen LogP) is 7.19. The fourth-order valence-electron chi connectivity index (χ4n) is 4.54. The van der Waals surface area contributed by atoms with Crippen LogP contribution < -0.4 is 10.1 Å². The molecule has 0 aliphatic heterocycles. The number of nitrogens with one attached hydrogen (secondary N) is 1. The number of carbonyl (C=O) groups excluding carboxylic acids is 1. The lowest BCUT2D eigenvalue weighted by Crippen LogP contribution is -2.24. The first kappa shape index (κ1) is 25.8. The molecule has 1 saturated carbocycles. The number of hydrogen-bond donors (Lipinski definition) is 1. The Labute approximate surface area is 235 Å². The topological polar surface area (TPSA) is 78.3 Å². The van der Waals surface area contributed by atoms with Gasteiger partial charge < -0.3 is 14.8 Å². The van der Waals surface area contributed by atoms with Gasteiger partial charge in [0, 0.05) is 35.2 Å². The molecule has 5 aromatic rings. The van der Waals surface area contributed by atoms with Crippen molar-refractivity contribution in [2.75, 3.05) is 12.4 Å². The molecule has 6 rings (SSSR count). The summed E-state index contributed by atoms with van der Waals surface area (Å²) >= 11 is 1.57. The molecular formula is C31H27FN4O3S. The van der Waals surface area contributed by atoms with Gasteiger partial charge in [0.05, 0.1) is 24.6 Å². The molecule has 3 aromatic heterocycles. The Morgan fingerprint density at radius 1 is 1.10 bits per heavy atom. The Morgan fingerprint density at radius 3 is 2.67 bits per heavy atom. The second-order valence-corrected chi connectivity index (χ2v) is 10.6. The van der Waals surface area contributed by atoms with Crippen molar-refractivity contribution in [1.29, 1.82) is 0 Å². The van der Waals surface area contributed by atoms with Crippen LogP contribution in [-0.2, 0) is 11.2 Å². The highest BCUT2D eigenvalue weighted by Crippen LogP contribution is 2.30. The SMILES string of the molecule is COC(=O)c1cc(-c2cccs2)cnc1Nc1cc(Cc2ccc(F)cc2)n(-c2cccc(OC3CCC3)c2)n1. The van der Waals surface area contributed by atoms with E-state index in [-0.39, 0.29) is 11.9 Å². The van der Waals surface area contributed by atoms with Crippen LogP contribution in [0.2, 0.25) is 0 Å². The largest absolute Gasteiger partial charge is 0.490 e. The molecule has 0 bridgehead atoms. The summed E-state index contributed by atoms with van der Waals surface area (Å²) in [6.45, 7) is 0. The summed E-state index contributed by atoms with van der Waals surface area (Å²) in [5.74, 6) is 0.850. The maximum atomic E-state index is 13.6. The third kappa shape index (κ3) is 5.60. The summed E-state index contributed by atoms with van der Waals surface area (Å²) in [4.78, 5) is 18.2. The average molecular weight is 555 g/mol. The van der Waals surface area contributed by atoms with E-state index in [0.29, 0.717) is 23.6 Å². The van der Waals surface area contributed by atoms with Crippen LogP contribution in [0.1, 0.15) is 40.9 Å². The van der Waals surface area contributed by atoms with E-state index < -0.39 is 5.97 Å². The van der Waals surface area contributed by atoms with Crippen LogP contribution in [0.25, 0.3) is 16.1 Å². The van der Waals surface area contributed by atoms with Gasteiger partial charge >= 0.3 is 5.97 Å². The van der Waals surface area contributed by atoms with Gasteiger partial charge in [0.25, 0.3) is 0 Å². The molecule has 9 heteroatoms. The van der Waals surface area contributed by atoms with Crippen molar-refractivity contribution in [2.45, 2.75) is 31.8 Å². The quantitative estimate of drug-likeness (QED) is 0.194. The molecule has 1 fully saturated rings. The molecule has 1 N–H and O–H groups in total. The monoisotopic (exact) mass is 554 g/mol. The normalized spacial score (nSPS) is 13.1. The van der Waals surface area contributed by atoms with E-state index in [9.17, 15) is 9.18 Å². The highest BCUT2D eigenvalue weighted by atomic mass is 32.1. The molecule has 0 radical (unpaired) electrons. The van der Waals surface area contributed by atoms with Crippen LogP contribution in [0.4, 0.5) is 16.0 Å². The van der Waals surface area contributed by atoms with Gasteiger partial charge in [-0.15, -0.1) is 16.4 Å². The van der Waals surface area contributed by atoms with E-state index >= 15 is 0 Å². The van der Waals surface area contributed by atoms with Gasteiger partial charge in [-0.1, -0.05) is 24.3 Å². The van der Waals surface area contributed by atoms with Crippen LogP contribution in [0.5, 0.6) is 5.75 Å². The van der Waals surface area contributed by atoms with Crippen molar-refractivity contribution in [1.82, 2.24) is 14.8 Å². The van der Waals surface area contributed by atoms with Crippen LogP contribution in [0, 0.1) is 5.82 Å². The van der Waals surface area contributed by atoms with Crippen LogP contribution in [-0.4, -0.2) is 33.9 Å². The molecule has 0 saturated heterocycles. The van der Waals surface area contributed by atoms with E-state index in [1.165, 1.54) is 25.7 Å². The number of halogens is 1. The number of pyridine rings is 1. The maximum absolute atomic E-state index is 13.6. The zero-order valence-corrected chi connectivity index (χ0v) is 22.7. The Morgan fingerprint density at radius 2 is 1.95 bits per heavy atom. The number of benzene rings is 2. The standard InChI is InChI=1S/C31H27FN4O3S/c1-38-31(37)27-16-21(28-9-4-14-40-28)19-33-30(27)34-29-18-24(15-20-10-12-22(32)13-11-20)36(35-29)23-5-2-8-26(17-23)39-25-6-3-7-25/h2,4-5,8-14,16-19,25H,3,6-7,15H2,1H3,(H,33,34,35). The van der Waals surface area contributed by atoms with E-state index in [0.717, 1.165) is 46.0 Å². The number of rotatable bonds is 9. The van der Waals surface area contributed by atoms with Gasteiger partial charge in [0.2, 0.25) is 0 Å². The number of ether oxygens (including phenoxy) is 2. The number of thiophene rings is 1. The number of nitrogens with zero attached hydrogens (tertiary/aromatic N) is 3. The first-order valence-electron chi connectivity index (χ1n) is 13.1. The van der Waals surface area contributed by atoms with Crippen molar-refractivity contribution < 1.29 is 18.7 Å². The minimum Gasteiger partial charge on any atom is -0.490 e. The highest BCUT2D eigenvalue weighted by Gasteiger charge is 2.21. The lowest BCUT2D eigenvalue weighted by Gasteiger charge is -2.26. The molecule has 0 amide bonds. The van der Waals surface area contributed by atoms with E-state index in [1.54, 1.807) is 35.7 Å². The second-order valence-electron chi connectivity index (χ2n) is 9.62. The van der Waals surface area contributed by atoms with Crippen LogP contribution in [0.15, 0.2) is 84.4 Å². The molecule has 2 aromatic carbocycles. The average Bonchev–Trinajstić information content (AvgIpc) is 3.63. The molecule has 7 nitrogen and oxygen atoms in total. The first-order valence-corrected chi connectivity index (χ1v) is 13.9. The van der Waals surface area contributed by atoms with Crippen molar-refractivity contribution >= 4 is 28.9 Å². The van der Waals surface area contributed by atoms with Crippen molar-refractivity contribution in [3.63, 3.8) is 0 Å². The van der Waals surface area contributed by atoms with Gasteiger partial charge in [-0.3, -0.25) is 0 Å². The third-order valence-electron chi connectivity index (χ3n) is 6.84. The molecule has 0 spiro atoms. The van der Waals surface area contributed by atoms with Gasteiger partial charge in [-0.05, 0) is 66.6 Å². The van der Waals surface area contributed by atoms with Gasteiger partial charge in [-0.2, -0.15) is 0 Å². The fraction of sp³-hybridized carbons (Fsp3) is 0.194. The summed E-state index contributed by atoms with van der Waals surface area (Å²) in [5, 5.41) is 10.0. The highest BCUT2D eigenvalue weighted by molar-refractivity contribution is 7.13. The van der Waals surface area contributed by atoms with Gasteiger partial charge in [-0.25, -0.2) is 18.9 Å². The van der Waals surface area contributed by atoms with Crippen molar-refractivity contribution in [3.05, 3.63) is 107 Å². The fourth-order valence-corrected chi connectivity index (χ4v) is 5.25. The molecular weight excluding hydrogens is 527 g/mol. The first-order chi connectivity index (χ1) is 19.6. The van der Waals surface area contributed by atoms with Gasteiger partial charge in [0.15, 0.2) is 5.82 Å². The molecule has 202 valence electrons. The summed E-state index contributed by atoms with van der Waals surface area (Å²) in [7, 11) is 1.35. The Bertz CT molecular complexity index is 1630. The Balaban J connectivity index is 1.36. The Hall–Kier alpha value is -4.50. The molecule has 1 aliphatic rings. The summed E-state index contributed by atoms with van der Waals surface area (Å²) < 4.78 is 26.6. The second kappa shape index (κ2) is 11.3. The number of aromatic nitrogens is 3. The van der Waals surface area contributed by atoms with E-state index in [2.05, 4.69) is 10.3 Å². The lowest BCUT2D eigenvalue weighted by molar-refractivity contribution is 0.0601. The van der Waals surface area contributed by atoms with Gasteiger partial charge in [0.1, 0.15) is 22.9 Å². The molecule has 3 heterocycles. The van der Waals surface area contributed by atoms with E-state index in [4.69, 9.17) is 14.6 Å². The number of anilines is 2. The molecule has 40 heavy (non-hydrogen) atoms. The zero-order chi connectivity index (χ0) is 27.5. The number of hydrogen-bond acceptors (Lipinski definition) is 7. The molecule has 0 unspecified atom stereocenters. The molecule has 1 aliphatic carbocycles.